The SMILES string of the molecule is CCC[CH2][Ti].CN(C)C. The molecule has 0 unspecified atom stereocenters. The van der Waals surface area contributed by atoms with E-state index in [9.17, 15) is 0 Å². The first-order valence-corrected chi connectivity index (χ1v) is 4.51. The molecule has 0 fully saturated rings. The van der Waals surface area contributed by atoms with Crippen LogP contribution in [0.1, 0.15) is 19.8 Å². The Morgan fingerprint density at radius 1 is 1.22 bits per heavy atom. The van der Waals surface area contributed by atoms with Crippen LogP contribution in [-0.2, 0) is 20.4 Å². The van der Waals surface area contributed by atoms with Gasteiger partial charge in [0, 0.05) is 0 Å². The second-order valence-corrected chi connectivity index (χ2v) is 3.23. The summed E-state index contributed by atoms with van der Waals surface area (Å²) in [4.78, 5) is 2.00. The molecule has 0 atom stereocenters. The molecule has 0 aromatic rings. The normalized spacial score (nSPS) is 8.44. The van der Waals surface area contributed by atoms with E-state index in [1.807, 2.05) is 26.0 Å². The minimum Gasteiger partial charge on any atom is -0.312 e. The molecule has 0 aromatic heterocycles. The standard InChI is InChI=1S/C4H9.C3H9N.Ti/c1-3-4-2;1-4(2)3;/h1,3-4H2,2H3;1-3H3;. The van der Waals surface area contributed by atoms with E-state index in [0.717, 1.165) is 0 Å². The van der Waals surface area contributed by atoms with Crippen molar-refractivity contribution in [1.82, 2.24) is 4.90 Å². The van der Waals surface area contributed by atoms with Crippen molar-refractivity contribution < 1.29 is 20.4 Å². The summed E-state index contributed by atoms with van der Waals surface area (Å²) in [5, 5.41) is 0. The molecule has 0 bridgehead atoms. The Morgan fingerprint density at radius 3 is 1.56 bits per heavy atom. The molecule has 0 saturated heterocycles. The molecule has 55 valence electrons. The van der Waals surface area contributed by atoms with Crippen molar-refractivity contribution in [1.29, 1.82) is 0 Å². The van der Waals surface area contributed by atoms with Crippen LogP contribution in [0.4, 0.5) is 0 Å². The number of nitrogens with zero attached hydrogens (tertiary/aromatic N) is 1. The van der Waals surface area contributed by atoms with Gasteiger partial charge < -0.3 is 4.90 Å². The van der Waals surface area contributed by atoms with Gasteiger partial charge in [-0.15, -0.1) is 0 Å². The van der Waals surface area contributed by atoms with Crippen LogP contribution in [0.15, 0.2) is 0 Å². The van der Waals surface area contributed by atoms with Crippen LogP contribution < -0.4 is 0 Å². The molecule has 0 aromatic carbocycles. The number of unbranched alkanes of at least 4 members (excludes halogenated alkanes) is 1. The maximum Gasteiger partial charge on any atom is -0.0140 e. The molecule has 9 heavy (non-hydrogen) atoms. The monoisotopic (exact) mass is 164 g/mol. The fraction of sp³-hybridized carbons (Fsp3) is 1.00. The Kier molecular flexibility index (Phi) is 15.7. The molecule has 0 rings (SSSR count). The quantitative estimate of drug-likeness (QED) is 0.563. The Hall–Kier alpha value is 0.674. The third-order valence-corrected chi connectivity index (χ3v) is 1.08. The molecule has 0 heterocycles. The van der Waals surface area contributed by atoms with Crippen LogP contribution in [0.3, 0.4) is 0 Å². The van der Waals surface area contributed by atoms with E-state index >= 15 is 0 Å². The first-order valence-electron chi connectivity index (χ1n) is 3.40. The van der Waals surface area contributed by atoms with Gasteiger partial charge in [-0.25, -0.2) is 0 Å². The molecule has 0 aliphatic rings. The number of hydrogen-bond donors (Lipinski definition) is 0. The van der Waals surface area contributed by atoms with Crippen molar-refractivity contribution in [3.8, 4) is 0 Å². The molecule has 2 heteroatoms. The summed E-state index contributed by atoms with van der Waals surface area (Å²) < 4.78 is 1.34. The van der Waals surface area contributed by atoms with E-state index in [0.29, 0.717) is 0 Å². The van der Waals surface area contributed by atoms with Crippen LogP contribution in [0.25, 0.3) is 0 Å². The molecule has 0 aliphatic heterocycles. The zero-order valence-electron chi connectivity index (χ0n) is 7.07. The zero-order chi connectivity index (χ0) is 7.70. The van der Waals surface area contributed by atoms with Gasteiger partial charge in [-0.2, -0.15) is 0 Å². The van der Waals surface area contributed by atoms with Gasteiger partial charge in [-0.1, -0.05) is 0 Å². The summed E-state index contributed by atoms with van der Waals surface area (Å²) in [7, 11) is 6.00. The van der Waals surface area contributed by atoms with Crippen molar-refractivity contribution in [2.45, 2.75) is 24.5 Å². The summed E-state index contributed by atoms with van der Waals surface area (Å²) >= 11 is 2.21. The number of hydrogen-bond acceptors (Lipinski definition) is 1. The molecular weight excluding hydrogens is 146 g/mol. The first kappa shape index (κ1) is 12.4. The number of rotatable bonds is 2. The van der Waals surface area contributed by atoms with Crippen molar-refractivity contribution in [2.24, 2.45) is 0 Å². The second-order valence-electron chi connectivity index (χ2n) is 2.45. The second kappa shape index (κ2) is 11.5. The van der Waals surface area contributed by atoms with Crippen LogP contribution in [0.2, 0.25) is 4.73 Å². The van der Waals surface area contributed by atoms with Gasteiger partial charge in [-0.3, -0.25) is 0 Å². The van der Waals surface area contributed by atoms with Crippen molar-refractivity contribution >= 4 is 0 Å². The third-order valence-electron chi connectivity index (χ3n) is 0.530. The van der Waals surface area contributed by atoms with Gasteiger partial charge in [-0.05, 0) is 21.1 Å². The molecule has 0 spiro atoms. The first-order chi connectivity index (χ1) is 4.15. The molecule has 0 saturated carbocycles. The fourth-order valence-electron chi connectivity index (χ4n) is 0.177. The van der Waals surface area contributed by atoms with Gasteiger partial charge in [0.2, 0.25) is 0 Å². The maximum absolute atomic E-state index is 2.21. The molecule has 0 N–H and O–H groups in total. The van der Waals surface area contributed by atoms with Crippen molar-refractivity contribution in [3.63, 3.8) is 0 Å². The van der Waals surface area contributed by atoms with Crippen molar-refractivity contribution in [2.75, 3.05) is 21.1 Å². The van der Waals surface area contributed by atoms with Gasteiger partial charge in [0.05, 0.1) is 0 Å². The summed E-state index contributed by atoms with van der Waals surface area (Å²) in [6, 6.07) is 0. The molecule has 1 nitrogen and oxygen atoms in total. The predicted molar refractivity (Wildman–Crippen MR) is 39.3 cm³/mol. The van der Waals surface area contributed by atoms with E-state index in [-0.39, 0.29) is 0 Å². The van der Waals surface area contributed by atoms with Gasteiger partial charge in [0.15, 0.2) is 0 Å². The van der Waals surface area contributed by atoms with Crippen LogP contribution >= 0.6 is 0 Å². The van der Waals surface area contributed by atoms with Gasteiger partial charge in [0.1, 0.15) is 0 Å². The largest absolute Gasteiger partial charge is 0.312 e. The van der Waals surface area contributed by atoms with Crippen LogP contribution in [0.5, 0.6) is 0 Å². The van der Waals surface area contributed by atoms with Crippen LogP contribution in [0, 0.1) is 0 Å². The molecular formula is C7H18NTi. The van der Waals surface area contributed by atoms with Crippen LogP contribution in [-0.4, -0.2) is 26.0 Å². The van der Waals surface area contributed by atoms with Crippen molar-refractivity contribution in [3.05, 3.63) is 0 Å². The van der Waals surface area contributed by atoms with E-state index in [1.54, 1.807) is 0 Å². The average Bonchev–Trinajstić information content (AvgIpc) is 1.66. The van der Waals surface area contributed by atoms with E-state index < -0.39 is 0 Å². The smallest absolute Gasteiger partial charge is 0.0140 e. The minimum atomic E-state index is 1.34. The van der Waals surface area contributed by atoms with Gasteiger partial charge in [0.25, 0.3) is 0 Å². The van der Waals surface area contributed by atoms with E-state index in [1.165, 1.54) is 17.6 Å². The predicted octanol–water partition coefficient (Wildman–Crippen LogP) is 1.93. The summed E-state index contributed by atoms with van der Waals surface area (Å²) in [6.45, 7) is 2.21. The van der Waals surface area contributed by atoms with Gasteiger partial charge >= 0.3 is 44.9 Å². The fourth-order valence-corrected chi connectivity index (χ4v) is 0.729. The van der Waals surface area contributed by atoms with E-state index in [2.05, 4.69) is 27.4 Å². The summed E-state index contributed by atoms with van der Waals surface area (Å²) in [5.41, 5.74) is 0. The Labute approximate surface area is 71.2 Å². The maximum atomic E-state index is 2.21. The Bertz CT molecular complexity index is 33.1. The third kappa shape index (κ3) is 54.0. The molecule has 0 radical (unpaired) electrons. The molecule has 0 aliphatic carbocycles. The molecule has 0 amide bonds. The minimum absolute atomic E-state index is 1.34. The summed E-state index contributed by atoms with van der Waals surface area (Å²) in [5.74, 6) is 0. The summed E-state index contributed by atoms with van der Waals surface area (Å²) in [6.07, 6.45) is 2.73. The Balaban J connectivity index is 0. The Morgan fingerprint density at radius 2 is 1.56 bits per heavy atom. The average molecular weight is 164 g/mol. The zero-order valence-corrected chi connectivity index (χ0v) is 8.63. The van der Waals surface area contributed by atoms with E-state index in [4.69, 9.17) is 0 Å². The topological polar surface area (TPSA) is 3.24 Å².